The Morgan fingerprint density at radius 1 is 1.21 bits per heavy atom. The highest BCUT2D eigenvalue weighted by molar-refractivity contribution is 5.85. The predicted molar refractivity (Wildman–Crippen MR) is 72.3 cm³/mol. The van der Waals surface area contributed by atoms with E-state index in [1.165, 1.54) is 4.90 Å². The van der Waals surface area contributed by atoms with E-state index in [1.807, 2.05) is 6.92 Å². The second kappa shape index (κ2) is 6.75. The summed E-state index contributed by atoms with van der Waals surface area (Å²) in [5.74, 6) is -1.14. The van der Waals surface area contributed by atoms with Crippen LogP contribution in [0.5, 0.6) is 0 Å². The summed E-state index contributed by atoms with van der Waals surface area (Å²) in [4.78, 5) is 23.6. The lowest BCUT2D eigenvalue weighted by molar-refractivity contribution is -0.117. The molecule has 1 atom stereocenters. The highest BCUT2D eigenvalue weighted by atomic mass is 16.3. The lowest BCUT2D eigenvalue weighted by Crippen LogP contribution is -2.40. The molecule has 6 nitrogen and oxygen atoms in total. The molecule has 5 N–H and O–H groups in total. The molecule has 2 amide bonds. The summed E-state index contributed by atoms with van der Waals surface area (Å²) in [6, 6.07) is 7.01. The zero-order chi connectivity index (χ0) is 14.4. The van der Waals surface area contributed by atoms with Gasteiger partial charge in [0.05, 0.1) is 19.2 Å². The lowest BCUT2D eigenvalue weighted by atomic mass is 10.0. The number of aliphatic hydroxyl groups excluding tert-OH is 1. The van der Waals surface area contributed by atoms with Gasteiger partial charge in [0, 0.05) is 11.3 Å². The lowest BCUT2D eigenvalue weighted by Gasteiger charge is -2.26. The average Bonchev–Trinajstić information content (AvgIpc) is 2.36. The fourth-order valence-electron chi connectivity index (χ4n) is 1.88. The van der Waals surface area contributed by atoms with Gasteiger partial charge in [-0.3, -0.25) is 9.59 Å². The van der Waals surface area contributed by atoms with Gasteiger partial charge in [-0.25, -0.2) is 0 Å². The van der Waals surface area contributed by atoms with Crippen LogP contribution in [0.15, 0.2) is 24.3 Å². The van der Waals surface area contributed by atoms with E-state index < -0.39 is 17.9 Å². The third-order valence-corrected chi connectivity index (χ3v) is 2.72. The molecular formula is C13H19N3O3. The summed E-state index contributed by atoms with van der Waals surface area (Å²) < 4.78 is 0. The summed E-state index contributed by atoms with van der Waals surface area (Å²) in [6.07, 6.45) is -0.141. The molecule has 0 fully saturated rings. The van der Waals surface area contributed by atoms with Gasteiger partial charge in [-0.15, -0.1) is 0 Å². The molecule has 0 aliphatic heterocycles. The van der Waals surface area contributed by atoms with Crippen LogP contribution in [0, 0.1) is 0 Å². The monoisotopic (exact) mass is 265 g/mol. The molecule has 1 aromatic carbocycles. The zero-order valence-corrected chi connectivity index (χ0v) is 10.9. The quantitative estimate of drug-likeness (QED) is 0.639. The Hall–Kier alpha value is -2.08. The van der Waals surface area contributed by atoms with E-state index in [1.54, 1.807) is 24.3 Å². The summed E-state index contributed by atoms with van der Waals surface area (Å²) in [6.45, 7) is 1.58. The van der Waals surface area contributed by atoms with Gasteiger partial charge in [-0.2, -0.15) is 0 Å². The second-order valence-corrected chi connectivity index (χ2v) is 4.27. The van der Waals surface area contributed by atoms with Crippen molar-refractivity contribution in [2.24, 2.45) is 11.5 Å². The van der Waals surface area contributed by atoms with Crippen LogP contribution in [-0.4, -0.2) is 30.0 Å². The molecule has 1 rings (SSSR count). The van der Waals surface area contributed by atoms with Crippen molar-refractivity contribution in [3.8, 4) is 0 Å². The van der Waals surface area contributed by atoms with E-state index in [4.69, 9.17) is 11.5 Å². The number of rotatable bonds is 7. The van der Waals surface area contributed by atoms with Crippen molar-refractivity contribution >= 4 is 17.5 Å². The zero-order valence-electron chi connectivity index (χ0n) is 10.9. The third-order valence-electron chi connectivity index (χ3n) is 2.72. The van der Waals surface area contributed by atoms with Crippen molar-refractivity contribution in [3.05, 3.63) is 29.8 Å². The molecule has 0 heterocycles. The SMILES string of the molecule is CC[C@H](O)c1ccccc1N(CC(N)=O)CC(N)=O. The number of carbonyl (C=O) groups is 2. The summed E-state index contributed by atoms with van der Waals surface area (Å²) in [7, 11) is 0. The molecule has 19 heavy (non-hydrogen) atoms. The molecule has 1 aromatic rings. The van der Waals surface area contributed by atoms with E-state index >= 15 is 0 Å². The number of hydrogen-bond donors (Lipinski definition) is 3. The number of nitrogens with two attached hydrogens (primary N) is 2. The van der Waals surface area contributed by atoms with Gasteiger partial charge in [0.2, 0.25) is 11.8 Å². The third kappa shape index (κ3) is 4.26. The van der Waals surface area contributed by atoms with Crippen molar-refractivity contribution in [2.75, 3.05) is 18.0 Å². The van der Waals surface area contributed by atoms with Crippen molar-refractivity contribution in [1.29, 1.82) is 0 Å². The Bertz CT molecular complexity index is 446. The number of anilines is 1. The maximum Gasteiger partial charge on any atom is 0.236 e. The second-order valence-electron chi connectivity index (χ2n) is 4.27. The maximum absolute atomic E-state index is 11.1. The van der Waals surface area contributed by atoms with Crippen LogP contribution >= 0.6 is 0 Å². The number of para-hydroxylation sites is 1. The summed E-state index contributed by atoms with van der Waals surface area (Å²) >= 11 is 0. The Labute approximate surface area is 112 Å². The molecule has 0 unspecified atom stereocenters. The molecule has 0 bridgehead atoms. The van der Waals surface area contributed by atoms with Crippen LogP contribution in [0.3, 0.4) is 0 Å². The molecular weight excluding hydrogens is 246 g/mol. The van der Waals surface area contributed by atoms with E-state index in [-0.39, 0.29) is 13.1 Å². The van der Waals surface area contributed by atoms with Gasteiger partial charge in [-0.05, 0) is 12.5 Å². The van der Waals surface area contributed by atoms with Crippen LogP contribution in [0.25, 0.3) is 0 Å². The number of benzene rings is 1. The van der Waals surface area contributed by atoms with Crippen LogP contribution in [0.4, 0.5) is 5.69 Å². The first-order valence-electron chi connectivity index (χ1n) is 6.04. The number of amides is 2. The minimum atomic E-state index is -0.667. The predicted octanol–water partition coefficient (Wildman–Crippen LogP) is -0.0930. The minimum Gasteiger partial charge on any atom is -0.388 e. The number of carbonyl (C=O) groups excluding carboxylic acids is 2. The van der Waals surface area contributed by atoms with Gasteiger partial charge >= 0.3 is 0 Å². The van der Waals surface area contributed by atoms with Gasteiger partial charge in [0.15, 0.2) is 0 Å². The number of primary amides is 2. The molecule has 0 radical (unpaired) electrons. The fourth-order valence-corrected chi connectivity index (χ4v) is 1.88. The average molecular weight is 265 g/mol. The number of aliphatic hydroxyl groups is 1. The Morgan fingerprint density at radius 3 is 2.21 bits per heavy atom. The molecule has 0 aliphatic carbocycles. The Kier molecular flexibility index (Phi) is 5.32. The van der Waals surface area contributed by atoms with Gasteiger partial charge in [-0.1, -0.05) is 25.1 Å². The number of hydrogen-bond acceptors (Lipinski definition) is 4. The normalized spacial score (nSPS) is 11.9. The smallest absolute Gasteiger partial charge is 0.236 e. The van der Waals surface area contributed by atoms with Crippen LogP contribution in [0.2, 0.25) is 0 Å². The van der Waals surface area contributed by atoms with Gasteiger partial charge in [0.1, 0.15) is 0 Å². The highest BCUT2D eigenvalue weighted by Crippen LogP contribution is 2.27. The Morgan fingerprint density at radius 2 is 1.74 bits per heavy atom. The summed E-state index contributed by atoms with van der Waals surface area (Å²) in [5.41, 5.74) is 11.6. The van der Waals surface area contributed by atoms with Crippen LogP contribution in [0.1, 0.15) is 25.0 Å². The van der Waals surface area contributed by atoms with E-state index in [0.717, 1.165) is 0 Å². The van der Waals surface area contributed by atoms with Crippen molar-refractivity contribution in [2.45, 2.75) is 19.4 Å². The molecule has 0 aromatic heterocycles. The topological polar surface area (TPSA) is 110 Å². The van der Waals surface area contributed by atoms with E-state index in [2.05, 4.69) is 0 Å². The van der Waals surface area contributed by atoms with Crippen LogP contribution < -0.4 is 16.4 Å². The molecule has 0 saturated heterocycles. The van der Waals surface area contributed by atoms with Crippen molar-refractivity contribution in [1.82, 2.24) is 0 Å². The molecule has 0 saturated carbocycles. The highest BCUT2D eigenvalue weighted by Gasteiger charge is 2.18. The largest absolute Gasteiger partial charge is 0.388 e. The summed E-state index contributed by atoms with van der Waals surface area (Å²) in [5, 5.41) is 9.97. The Balaban J connectivity index is 3.13. The standard InChI is InChI=1S/C13H19N3O3/c1-2-11(17)9-5-3-4-6-10(9)16(7-12(14)18)8-13(15)19/h3-6,11,17H,2,7-8H2,1H3,(H2,14,18)(H2,15,19)/t11-/m0/s1. The first-order chi connectivity index (χ1) is 8.95. The van der Waals surface area contributed by atoms with E-state index in [9.17, 15) is 14.7 Å². The van der Waals surface area contributed by atoms with Crippen molar-refractivity contribution < 1.29 is 14.7 Å². The number of nitrogens with zero attached hydrogens (tertiary/aromatic N) is 1. The van der Waals surface area contributed by atoms with Crippen LogP contribution in [-0.2, 0) is 9.59 Å². The molecule has 104 valence electrons. The minimum absolute atomic E-state index is 0.129. The molecule has 6 heteroatoms. The van der Waals surface area contributed by atoms with Gasteiger partial charge < -0.3 is 21.5 Å². The molecule has 0 spiro atoms. The first kappa shape index (κ1) is 15.0. The van der Waals surface area contributed by atoms with Crippen molar-refractivity contribution in [3.63, 3.8) is 0 Å². The maximum atomic E-state index is 11.1. The first-order valence-corrected chi connectivity index (χ1v) is 6.04. The van der Waals surface area contributed by atoms with E-state index in [0.29, 0.717) is 17.7 Å². The fraction of sp³-hybridized carbons (Fsp3) is 0.385. The molecule has 0 aliphatic rings. The van der Waals surface area contributed by atoms with Gasteiger partial charge in [0.25, 0.3) is 0 Å².